The summed E-state index contributed by atoms with van der Waals surface area (Å²) in [5, 5.41) is 0.829. The van der Waals surface area contributed by atoms with E-state index in [0.29, 0.717) is 10.3 Å². The second kappa shape index (κ2) is 4.91. The van der Waals surface area contributed by atoms with Crippen molar-refractivity contribution in [3.05, 3.63) is 52.3 Å². The minimum atomic E-state index is 0.159. The van der Waals surface area contributed by atoms with E-state index in [-0.39, 0.29) is 5.41 Å². The normalized spacial score (nSPS) is 11.6. The number of hydrogen-bond donors (Lipinski definition) is 0. The van der Waals surface area contributed by atoms with E-state index in [4.69, 9.17) is 23.2 Å². The molecule has 0 bridgehead atoms. The van der Waals surface area contributed by atoms with E-state index in [1.165, 1.54) is 5.56 Å². The molecule has 0 atom stereocenters. The van der Waals surface area contributed by atoms with Crippen LogP contribution in [0.5, 0.6) is 0 Å². The zero-order valence-electron chi connectivity index (χ0n) is 10.7. The summed E-state index contributed by atoms with van der Waals surface area (Å²) in [6, 6.07) is 12.1. The minimum absolute atomic E-state index is 0.159. The maximum absolute atomic E-state index is 5.91. The van der Waals surface area contributed by atoms with Crippen LogP contribution in [-0.4, -0.2) is 4.98 Å². The van der Waals surface area contributed by atoms with Crippen molar-refractivity contribution in [3.8, 4) is 11.1 Å². The number of nitrogens with zero attached hydrogens (tertiary/aromatic N) is 1. The van der Waals surface area contributed by atoms with Crippen LogP contribution in [0.1, 0.15) is 26.3 Å². The molecule has 0 amide bonds. The molecule has 1 nitrogen and oxygen atoms in total. The molecule has 0 fully saturated rings. The van der Waals surface area contributed by atoms with Gasteiger partial charge in [-0.2, -0.15) is 0 Å². The van der Waals surface area contributed by atoms with Gasteiger partial charge in [-0.1, -0.05) is 68.2 Å². The van der Waals surface area contributed by atoms with Crippen LogP contribution in [0.4, 0.5) is 0 Å². The summed E-state index contributed by atoms with van der Waals surface area (Å²) in [7, 11) is 0. The third-order valence-corrected chi connectivity index (χ3v) is 3.23. The lowest BCUT2D eigenvalue weighted by Crippen LogP contribution is -2.10. The Hall–Kier alpha value is -1.05. The first-order valence-corrected chi connectivity index (χ1v) is 6.56. The first kappa shape index (κ1) is 13.4. The standard InChI is InChI=1S/C15H15Cl2N/c1-15(2,3)12-6-4-10(5-7-12)11-8-13(16)18-14(17)9-11/h4-9H,1-3H3. The highest BCUT2D eigenvalue weighted by atomic mass is 35.5. The van der Waals surface area contributed by atoms with Gasteiger partial charge in [-0.3, -0.25) is 0 Å². The molecular formula is C15H15Cl2N. The van der Waals surface area contributed by atoms with Crippen LogP contribution in [0, 0.1) is 0 Å². The van der Waals surface area contributed by atoms with E-state index in [2.05, 4.69) is 50.0 Å². The van der Waals surface area contributed by atoms with E-state index in [1.54, 1.807) is 0 Å². The van der Waals surface area contributed by atoms with E-state index in [9.17, 15) is 0 Å². The number of benzene rings is 1. The highest BCUT2D eigenvalue weighted by Crippen LogP contribution is 2.28. The first-order chi connectivity index (χ1) is 8.36. The summed E-state index contributed by atoms with van der Waals surface area (Å²) in [6.45, 7) is 6.59. The fourth-order valence-corrected chi connectivity index (χ4v) is 2.25. The summed E-state index contributed by atoms with van der Waals surface area (Å²) in [5.41, 5.74) is 3.54. The van der Waals surface area contributed by atoms with Crippen LogP contribution < -0.4 is 0 Å². The summed E-state index contributed by atoms with van der Waals surface area (Å²) >= 11 is 11.8. The van der Waals surface area contributed by atoms with Crippen molar-refractivity contribution in [2.75, 3.05) is 0 Å². The monoisotopic (exact) mass is 279 g/mol. The van der Waals surface area contributed by atoms with Gasteiger partial charge in [0.2, 0.25) is 0 Å². The molecule has 0 saturated carbocycles. The topological polar surface area (TPSA) is 12.9 Å². The third-order valence-electron chi connectivity index (χ3n) is 2.85. The van der Waals surface area contributed by atoms with Gasteiger partial charge in [0.15, 0.2) is 0 Å². The number of hydrogen-bond acceptors (Lipinski definition) is 1. The van der Waals surface area contributed by atoms with Gasteiger partial charge < -0.3 is 0 Å². The molecule has 0 aliphatic rings. The average molecular weight is 280 g/mol. The van der Waals surface area contributed by atoms with Crippen LogP contribution in [-0.2, 0) is 5.41 Å². The van der Waals surface area contributed by atoms with Crippen LogP contribution in [0.15, 0.2) is 36.4 Å². The number of halogens is 2. The molecule has 1 heterocycles. The SMILES string of the molecule is CC(C)(C)c1ccc(-c2cc(Cl)nc(Cl)c2)cc1. The predicted molar refractivity (Wildman–Crippen MR) is 78.4 cm³/mol. The van der Waals surface area contributed by atoms with Gasteiger partial charge in [0.1, 0.15) is 10.3 Å². The van der Waals surface area contributed by atoms with Gasteiger partial charge in [0, 0.05) is 0 Å². The molecule has 1 aromatic carbocycles. The summed E-state index contributed by atoms with van der Waals surface area (Å²) < 4.78 is 0. The first-order valence-electron chi connectivity index (χ1n) is 5.80. The molecule has 0 radical (unpaired) electrons. The maximum atomic E-state index is 5.91. The van der Waals surface area contributed by atoms with E-state index >= 15 is 0 Å². The van der Waals surface area contributed by atoms with Crippen molar-refractivity contribution in [2.24, 2.45) is 0 Å². The van der Waals surface area contributed by atoms with Crippen LogP contribution in [0.3, 0.4) is 0 Å². The molecule has 2 rings (SSSR count). The smallest absolute Gasteiger partial charge is 0.131 e. The highest BCUT2D eigenvalue weighted by Gasteiger charge is 2.13. The second-order valence-electron chi connectivity index (χ2n) is 5.33. The fourth-order valence-electron chi connectivity index (χ4n) is 1.79. The molecule has 0 aliphatic heterocycles. The quantitative estimate of drug-likeness (QED) is 0.641. The van der Waals surface area contributed by atoms with Gasteiger partial charge in [-0.25, -0.2) is 4.98 Å². The lowest BCUT2D eigenvalue weighted by atomic mass is 9.86. The average Bonchev–Trinajstić information content (AvgIpc) is 2.27. The molecule has 94 valence electrons. The molecule has 1 aromatic heterocycles. The Morgan fingerprint density at radius 1 is 0.833 bits per heavy atom. The molecule has 0 spiro atoms. The molecule has 0 N–H and O–H groups in total. The van der Waals surface area contributed by atoms with E-state index < -0.39 is 0 Å². The van der Waals surface area contributed by atoms with Crippen LogP contribution >= 0.6 is 23.2 Å². The summed E-state index contributed by atoms with van der Waals surface area (Å²) in [5.74, 6) is 0. The number of rotatable bonds is 1. The van der Waals surface area contributed by atoms with Crippen LogP contribution in [0.25, 0.3) is 11.1 Å². The van der Waals surface area contributed by atoms with Crippen molar-refractivity contribution < 1.29 is 0 Å². The Bertz CT molecular complexity index is 533. The van der Waals surface area contributed by atoms with Gasteiger partial charge in [-0.15, -0.1) is 0 Å². The Labute approximate surface area is 118 Å². The summed E-state index contributed by atoms with van der Waals surface area (Å²) in [6.07, 6.45) is 0. The molecule has 0 aliphatic carbocycles. The molecule has 3 heteroatoms. The molecule has 0 saturated heterocycles. The minimum Gasteiger partial charge on any atom is -0.224 e. The third kappa shape index (κ3) is 3.04. The zero-order valence-corrected chi connectivity index (χ0v) is 12.2. The molecular weight excluding hydrogens is 265 g/mol. The highest BCUT2D eigenvalue weighted by molar-refractivity contribution is 6.32. The predicted octanol–water partition coefficient (Wildman–Crippen LogP) is 5.35. The van der Waals surface area contributed by atoms with E-state index in [1.807, 2.05) is 12.1 Å². The van der Waals surface area contributed by atoms with E-state index in [0.717, 1.165) is 11.1 Å². The molecule has 0 unspecified atom stereocenters. The van der Waals surface area contributed by atoms with Gasteiger partial charge >= 0.3 is 0 Å². The second-order valence-corrected chi connectivity index (χ2v) is 6.10. The largest absolute Gasteiger partial charge is 0.224 e. The lowest BCUT2D eigenvalue weighted by Gasteiger charge is -2.19. The van der Waals surface area contributed by atoms with Crippen molar-refractivity contribution in [1.82, 2.24) is 4.98 Å². The Kier molecular flexibility index (Phi) is 3.65. The lowest BCUT2D eigenvalue weighted by molar-refractivity contribution is 0.590. The van der Waals surface area contributed by atoms with Gasteiger partial charge in [-0.05, 0) is 34.2 Å². The summed E-state index contributed by atoms with van der Waals surface area (Å²) in [4.78, 5) is 3.95. The van der Waals surface area contributed by atoms with Crippen molar-refractivity contribution in [1.29, 1.82) is 0 Å². The molecule has 2 aromatic rings. The van der Waals surface area contributed by atoms with Crippen molar-refractivity contribution in [2.45, 2.75) is 26.2 Å². The van der Waals surface area contributed by atoms with Gasteiger partial charge in [0.25, 0.3) is 0 Å². The van der Waals surface area contributed by atoms with Gasteiger partial charge in [0.05, 0.1) is 0 Å². The molecule has 18 heavy (non-hydrogen) atoms. The Morgan fingerprint density at radius 3 is 1.78 bits per heavy atom. The Morgan fingerprint density at radius 2 is 1.33 bits per heavy atom. The Balaban J connectivity index is 2.40. The van der Waals surface area contributed by atoms with Crippen molar-refractivity contribution in [3.63, 3.8) is 0 Å². The zero-order chi connectivity index (χ0) is 13.3. The fraction of sp³-hybridized carbons (Fsp3) is 0.267. The van der Waals surface area contributed by atoms with Crippen LogP contribution in [0.2, 0.25) is 10.3 Å². The van der Waals surface area contributed by atoms with Crippen molar-refractivity contribution >= 4 is 23.2 Å². The maximum Gasteiger partial charge on any atom is 0.131 e. The number of pyridine rings is 1. The number of aromatic nitrogens is 1.